The lowest BCUT2D eigenvalue weighted by Crippen LogP contribution is -2.40. The van der Waals surface area contributed by atoms with Crippen LogP contribution in [0, 0.1) is 5.82 Å². The molecular formula is C12H18FN3O3S. The molecule has 1 aromatic rings. The van der Waals surface area contributed by atoms with Crippen molar-refractivity contribution in [1.82, 2.24) is 9.62 Å². The van der Waals surface area contributed by atoms with E-state index in [0.29, 0.717) is 0 Å². The lowest BCUT2D eigenvalue weighted by molar-refractivity contribution is -0.121. The Kier molecular flexibility index (Phi) is 5.07. The van der Waals surface area contributed by atoms with Gasteiger partial charge in [-0.1, -0.05) is 0 Å². The fourth-order valence-electron chi connectivity index (χ4n) is 1.57. The van der Waals surface area contributed by atoms with Gasteiger partial charge in [0, 0.05) is 18.8 Å². The SMILES string of the molecule is CC(C)NC(=O)CN(C)S(=O)(=O)c1cc(N)cc(F)c1. The van der Waals surface area contributed by atoms with Gasteiger partial charge < -0.3 is 11.1 Å². The molecule has 0 saturated heterocycles. The third-order valence-electron chi connectivity index (χ3n) is 2.42. The fraction of sp³-hybridized carbons (Fsp3) is 0.417. The Labute approximate surface area is 117 Å². The molecule has 0 fully saturated rings. The van der Waals surface area contributed by atoms with Crippen molar-refractivity contribution in [3.05, 3.63) is 24.0 Å². The topological polar surface area (TPSA) is 92.5 Å². The lowest BCUT2D eigenvalue weighted by atomic mass is 10.3. The van der Waals surface area contributed by atoms with Crippen molar-refractivity contribution in [1.29, 1.82) is 0 Å². The molecule has 0 saturated carbocycles. The highest BCUT2D eigenvalue weighted by molar-refractivity contribution is 7.89. The molecule has 0 aliphatic heterocycles. The van der Waals surface area contributed by atoms with Crippen LogP contribution in [0.1, 0.15) is 13.8 Å². The third kappa shape index (κ3) is 4.17. The van der Waals surface area contributed by atoms with E-state index in [9.17, 15) is 17.6 Å². The average molecular weight is 303 g/mol. The highest BCUT2D eigenvalue weighted by atomic mass is 32.2. The third-order valence-corrected chi connectivity index (χ3v) is 4.20. The molecule has 0 spiro atoms. The van der Waals surface area contributed by atoms with Crippen LogP contribution >= 0.6 is 0 Å². The minimum absolute atomic E-state index is 0.00334. The molecule has 0 atom stereocenters. The molecule has 0 bridgehead atoms. The number of hydrogen-bond donors (Lipinski definition) is 2. The molecule has 1 aromatic carbocycles. The van der Waals surface area contributed by atoms with Gasteiger partial charge >= 0.3 is 0 Å². The molecule has 1 amide bonds. The van der Waals surface area contributed by atoms with Gasteiger partial charge in [-0.15, -0.1) is 0 Å². The summed E-state index contributed by atoms with van der Waals surface area (Å²) in [7, 11) is -2.72. The van der Waals surface area contributed by atoms with Gasteiger partial charge in [0.05, 0.1) is 11.4 Å². The Balaban J connectivity index is 2.95. The summed E-state index contributed by atoms with van der Waals surface area (Å²) in [5.41, 5.74) is 5.42. The molecule has 112 valence electrons. The van der Waals surface area contributed by atoms with Crippen LogP contribution in [0.25, 0.3) is 0 Å². The van der Waals surface area contributed by atoms with Crippen LogP contribution in [0.2, 0.25) is 0 Å². The van der Waals surface area contributed by atoms with Crippen LogP contribution < -0.4 is 11.1 Å². The van der Waals surface area contributed by atoms with Gasteiger partial charge in [0.2, 0.25) is 15.9 Å². The molecule has 0 unspecified atom stereocenters. The summed E-state index contributed by atoms with van der Waals surface area (Å²) in [6.45, 7) is 3.18. The van der Waals surface area contributed by atoms with Crippen LogP contribution in [0.3, 0.4) is 0 Å². The van der Waals surface area contributed by atoms with Gasteiger partial charge in [0.1, 0.15) is 5.82 Å². The molecule has 0 aromatic heterocycles. The molecule has 3 N–H and O–H groups in total. The smallest absolute Gasteiger partial charge is 0.243 e. The number of halogens is 1. The number of hydrogen-bond acceptors (Lipinski definition) is 4. The number of nitrogens with zero attached hydrogens (tertiary/aromatic N) is 1. The van der Waals surface area contributed by atoms with E-state index in [4.69, 9.17) is 5.73 Å². The number of carbonyl (C=O) groups is 1. The van der Waals surface area contributed by atoms with E-state index in [1.165, 1.54) is 7.05 Å². The maximum absolute atomic E-state index is 13.2. The zero-order valence-electron chi connectivity index (χ0n) is 11.6. The van der Waals surface area contributed by atoms with E-state index >= 15 is 0 Å². The van der Waals surface area contributed by atoms with Crippen LogP contribution in [-0.2, 0) is 14.8 Å². The van der Waals surface area contributed by atoms with Crippen LogP contribution in [0.15, 0.2) is 23.1 Å². The van der Waals surface area contributed by atoms with Crippen molar-refractivity contribution in [2.45, 2.75) is 24.8 Å². The number of rotatable bonds is 5. The molecule has 0 aliphatic carbocycles. The predicted octanol–water partition coefficient (Wildman–Crippen LogP) is 0.553. The maximum Gasteiger partial charge on any atom is 0.243 e. The van der Waals surface area contributed by atoms with E-state index in [-0.39, 0.29) is 23.2 Å². The van der Waals surface area contributed by atoms with Crippen LogP contribution in [-0.4, -0.2) is 38.3 Å². The van der Waals surface area contributed by atoms with Crippen molar-refractivity contribution in [3.63, 3.8) is 0 Å². The molecule has 0 aliphatic rings. The van der Waals surface area contributed by atoms with Crippen molar-refractivity contribution >= 4 is 21.6 Å². The number of sulfonamides is 1. The number of amides is 1. The zero-order chi connectivity index (χ0) is 15.5. The Hall–Kier alpha value is -1.67. The summed E-state index contributed by atoms with van der Waals surface area (Å²) in [6, 6.07) is 2.94. The second kappa shape index (κ2) is 6.19. The minimum atomic E-state index is -3.96. The molecule has 8 heteroatoms. The highest BCUT2D eigenvalue weighted by Gasteiger charge is 2.24. The molecule has 0 radical (unpaired) electrons. The van der Waals surface area contributed by atoms with Crippen LogP contribution in [0.5, 0.6) is 0 Å². The average Bonchev–Trinajstić information content (AvgIpc) is 2.25. The van der Waals surface area contributed by atoms with Crippen molar-refractivity contribution in [3.8, 4) is 0 Å². The number of benzene rings is 1. The first-order valence-corrected chi connectivity index (χ1v) is 7.38. The zero-order valence-corrected chi connectivity index (χ0v) is 12.4. The number of carbonyl (C=O) groups excluding carboxylic acids is 1. The van der Waals surface area contributed by atoms with Gasteiger partial charge in [-0.3, -0.25) is 4.79 Å². The van der Waals surface area contributed by atoms with Crippen molar-refractivity contribution < 1.29 is 17.6 Å². The molecule has 6 nitrogen and oxygen atoms in total. The summed E-state index contributed by atoms with van der Waals surface area (Å²) in [4.78, 5) is 11.3. The number of nitrogens with one attached hydrogen (secondary N) is 1. The molecule has 0 heterocycles. The first-order chi connectivity index (χ1) is 9.12. The number of likely N-dealkylation sites (N-methyl/N-ethyl adjacent to an activating group) is 1. The Morgan fingerprint density at radius 2 is 2.00 bits per heavy atom. The normalized spacial score (nSPS) is 11.9. The summed E-state index contributed by atoms with van der Waals surface area (Å²) in [5.74, 6) is -1.18. The van der Waals surface area contributed by atoms with E-state index in [1.54, 1.807) is 13.8 Å². The summed E-state index contributed by atoms with van der Waals surface area (Å²) >= 11 is 0. The second-order valence-corrected chi connectivity index (χ2v) is 6.75. The van der Waals surface area contributed by atoms with Gasteiger partial charge in [0.15, 0.2) is 0 Å². The minimum Gasteiger partial charge on any atom is -0.399 e. The largest absolute Gasteiger partial charge is 0.399 e. The van der Waals surface area contributed by atoms with E-state index in [2.05, 4.69) is 5.32 Å². The molecule has 1 rings (SSSR count). The fourth-order valence-corrected chi connectivity index (χ4v) is 2.76. The number of anilines is 1. The Morgan fingerprint density at radius 1 is 1.40 bits per heavy atom. The van der Waals surface area contributed by atoms with E-state index < -0.39 is 21.7 Å². The Morgan fingerprint density at radius 3 is 2.50 bits per heavy atom. The van der Waals surface area contributed by atoms with Crippen molar-refractivity contribution in [2.24, 2.45) is 0 Å². The standard InChI is InChI=1S/C12H18FN3O3S/c1-8(2)15-12(17)7-16(3)20(18,19)11-5-9(13)4-10(14)6-11/h4-6,8H,7,14H2,1-3H3,(H,15,17). The first kappa shape index (κ1) is 16.4. The van der Waals surface area contributed by atoms with Gasteiger partial charge in [-0.05, 0) is 32.0 Å². The summed E-state index contributed by atoms with van der Waals surface area (Å²) < 4.78 is 38.4. The highest BCUT2D eigenvalue weighted by Crippen LogP contribution is 2.18. The van der Waals surface area contributed by atoms with Crippen molar-refractivity contribution in [2.75, 3.05) is 19.3 Å². The van der Waals surface area contributed by atoms with Gasteiger partial charge in [-0.25, -0.2) is 12.8 Å². The predicted molar refractivity (Wildman–Crippen MR) is 73.9 cm³/mol. The number of nitrogen functional groups attached to an aromatic ring is 1. The Bertz CT molecular complexity index is 582. The van der Waals surface area contributed by atoms with Crippen LogP contribution in [0.4, 0.5) is 10.1 Å². The van der Waals surface area contributed by atoms with Gasteiger partial charge in [0.25, 0.3) is 0 Å². The molecule has 20 heavy (non-hydrogen) atoms. The van der Waals surface area contributed by atoms with Gasteiger partial charge in [-0.2, -0.15) is 4.31 Å². The lowest BCUT2D eigenvalue weighted by Gasteiger charge is -2.18. The molecular weight excluding hydrogens is 285 g/mol. The number of nitrogens with two attached hydrogens (primary N) is 1. The second-order valence-electron chi connectivity index (χ2n) is 4.70. The quantitative estimate of drug-likeness (QED) is 0.777. The summed E-state index contributed by atoms with van der Waals surface area (Å²) in [5, 5.41) is 2.58. The monoisotopic (exact) mass is 303 g/mol. The van der Waals surface area contributed by atoms with E-state index in [1.807, 2.05) is 0 Å². The first-order valence-electron chi connectivity index (χ1n) is 5.94. The maximum atomic E-state index is 13.2. The summed E-state index contributed by atoms with van der Waals surface area (Å²) in [6.07, 6.45) is 0. The van der Waals surface area contributed by atoms with E-state index in [0.717, 1.165) is 22.5 Å².